The number of halogens is 1. The molecule has 0 bridgehead atoms. The lowest BCUT2D eigenvalue weighted by Crippen LogP contribution is -2.42. The highest BCUT2D eigenvalue weighted by atomic mass is 35.5. The van der Waals surface area contributed by atoms with Gasteiger partial charge in [-0.2, -0.15) is 0 Å². The number of carboxylic acid groups (broad SMARTS) is 1. The first-order chi connectivity index (χ1) is 15.9. The van der Waals surface area contributed by atoms with Crippen LogP contribution in [0.25, 0.3) is 0 Å². The fourth-order valence-corrected chi connectivity index (χ4v) is 3.98. The van der Waals surface area contributed by atoms with Crippen LogP contribution in [0.3, 0.4) is 0 Å². The molecule has 3 aromatic rings. The molecule has 0 saturated heterocycles. The monoisotopic (exact) mass is 469 g/mol. The number of ether oxygens (including phenoxy) is 3. The van der Waals surface area contributed by atoms with Crippen LogP contribution in [0, 0.1) is 0 Å². The second-order valence-electron chi connectivity index (χ2n) is 7.77. The Bertz CT molecular complexity index is 1120. The fourth-order valence-electron chi connectivity index (χ4n) is 3.77. The number of carbonyl (C=O) groups is 1. The molecular weight excluding hydrogens is 446 g/mol. The van der Waals surface area contributed by atoms with Crippen LogP contribution in [-0.4, -0.2) is 41.0 Å². The van der Waals surface area contributed by atoms with E-state index in [1.54, 1.807) is 43.5 Å². The van der Waals surface area contributed by atoms with Gasteiger partial charge in [0.05, 0.1) is 7.11 Å². The highest BCUT2D eigenvalue weighted by Gasteiger charge is 2.28. The minimum absolute atomic E-state index is 0.128. The summed E-state index contributed by atoms with van der Waals surface area (Å²) in [6.45, 7) is 0.795. The third-order valence-corrected chi connectivity index (χ3v) is 5.90. The van der Waals surface area contributed by atoms with E-state index in [2.05, 4.69) is 0 Å². The Morgan fingerprint density at radius 3 is 2.30 bits per heavy atom. The van der Waals surface area contributed by atoms with Gasteiger partial charge in [0.25, 0.3) is 0 Å². The lowest BCUT2D eigenvalue weighted by molar-refractivity contribution is -0.143. The lowest BCUT2D eigenvalue weighted by atomic mass is 10.0. The third-order valence-electron chi connectivity index (χ3n) is 5.55. The quantitative estimate of drug-likeness (QED) is 0.477. The van der Waals surface area contributed by atoms with Gasteiger partial charge in [0, 0.05) is 24.2 Å². The maximum absolute atomic E-state index is 12.4. The molecule has 8 heteroatoms. The van der Waals surface area contributed by atoms with Gasteiger partial charge < -0.3 is 24.4 Å². The summed E-state index contributed by atoms with van der Waals surface area (Å²) in [5, 5.41) is 20.2. The summed E-state index contributed by atoms with van der Waals surface area (Å²) in [6.07, 6.45) is 0.258. The van der Waals surface area contributed by atoms with Crippen molar-refractivity contribution in [1.82, 2.24) is 4.90 Å². The first-order valence-electron chi connectivity index (χ1n) is 10.4. The predicted octanol–water partition coefficient (Wildman–Crippen LogP) is 4.48. The van der Waals surface area contributed by atoms with Crippen molar-refractivity contribution in [2.45, 2.75) is 25.6 Å². The number of phenols is 1. The Labute approximate surface area is 196 Å². The summed E-state index contributed by atoms with van der Waals surface area (Å²) < 4.78 is 16.1. The van der Waals surface area contributed by atoms with Gasteiger partial charge in [-0.25, -0.2) is 0 Å². The van der Waals surface area contributed by atoms with Crippen LogP contribution < -0.4 is 14.2 Å². The molecule has 0 fully saturated rings. The number of rotatable bonds is 9. The largest absolute Gasteiger partial charge is 0.508 e. The van der Waals surface area contributed by atoms with Gasteiger partial charge in [-0.1, -0.05) is 35.9 Å². The van der Waals surface area contributed by atoms with Crippen molar-refractivity contribution >= 4 is 17.6 Å². The Balaban J connectivity index is 1.65. The van der Waals surface area contributed by atoms with Gasteiger partial charge in [-0.3, -0.25) is 9.69 Å². The van der Waals surface area contributed by atoms with Crippen LogP contribution in [-0.2, 0) is 24.3 Å². The predicted molar refractivity (Wildman–Crippen MR) is 123 cm³/mol. The summed E-state index contributed by atoms with van der Waals surface area (Å²) in [7, 11) is 1.60. The minimum Gasteiger partial charge on any atom is -0.508 e. The standard InChI is InChI=1S/C25H24ClNO6/c1-31-20-8-4-17(5-9-20)13-27(14-18-11-23-24(12-21(18)26)33-15-32-23)22(25(29)30)10-16-2-6-19(28)7-3-16/h2-9,11-12,22,28H,10,13-15H2,1H3,(H,29,30). The van der Waals surface area contributed by atoms with Crippen molar-refractivity contribution in [3.05, 3.63) is 82.4 Å². The number of nitrogens with zero attached hydrogens (tertiary/aromatic N) is 1. The van der Waals surface area contributed by atoms with Crippen molar-refractivity contribution in [2.75, 3.05) is 13.9 Å². The van der Waals surface area contributed by atoms with E-state index in [9.17, 15) is 15.0 Å². The molecule has 0 radical (unpaired) electrons. The second-order valence-corrected chi connectivity index (χ2v) is 8.18. The Kier molecular flexibility index (Phi) is 6.91. The summed E-state index contributed by atoms with van der Waals surface area (Å²) in [6, 6.07) is 16.7. The van der Waals surface area contributed by atoms with Gasteiger partial charge in [-0.05, 0) is 53.4 Å². The van der Waals surface area contributed by atoms with Crippen molar-refractivity contribution in [2.24, 2.45) is 0 Å². The number of hydrogen-bond acceptors (Lipinski definition) is 6. The van der Waals surface area contributed by atoms with E-state index in [4.69, 9.17) is 25.8 Å². The normalized spacial score (nSPS) is 13.2. The molecule has 0 saturated carbocycles. The maximum atomic E-state index is 12.4. The Morgan fingerprint density at radius 1 is 1.03 bits per heavy atom. The van der Waals surface area contributed by atoms with Crippen molar-refractivity contribution < 1.29 is 29.2 Å². The number of fused-ring (bicyclic) bond motifs is 1. The molecule has 1 aliphatic heterocycles. The SMILES string of the molecule is COc1ccc(CN(Cc2cc3c(cc2Cl)OCO3)C(Cc2ccc(O)cc2)C(=O)O)cc1. The van der Waals surface area contributed by atoms with Crippen LogP contribution in [0.5, 0.6) is 23.0 Å². The van der Waals surface area contributed by atoms with E-state index < -0.39 is 12.0 Å². The van der Waals surface area contributed by atoms with Crippen LogP contribution in [0.2, 0.25) is 5.02 Å². The van der Waals surface area contributed by atoms with E-state index in [-0.39, 0.29) is 25.5 Å². The summed E-state index contributed by atoms with van der Waals surface area (Å²) >= 11 is 6.50. The van der Waals surface area contributed by atoms with E-state index in [0.29, 0.717) is 23.1 Å². The van der Waals surface area contributed by atoms with E-state index in [1.165, 1.54) is 0 Å². The molecule has 0 aromatic heterocycles. The summed E-state index contributed by atoms with van der Waals surface area (Å²) in [4.78, 5) is 14.2. The van der Waals surface area contributed by atoms with Gasteiger partial charge in [0.2, 0.25) is 6.79 Å². The number of hydrogen-bond donors (Lipinski definition) is 2. The average Bonchev–Trinajstić information content (AvgIpc) is 3.25. The first-order valence-corrected chi connectivity index (χ1v) is 10.8. The molecule has 7 nitrogen and oxygen atoms in total. The van der Waals surface area contributed by atoms with Gasteiger partial charge in [0.15, 0.2) is 11.5 Å². The molecule has 3 aromatic carbocycles. The molecule has 1 unspecified atom stereocenters. The first kappa shape index (κ1) is 22.8. The van der Waals surface area contributed by atoms with Crippen LogP contribution in [0.1, 0.15) is 16.7 Å². The molecule has 0 spiro atoms. The topological polar surface area (TPSA) is 88.5 Å². The number of carboxylic acids is 1. The van der Waals surface area contributed by atoms with E-state index >= 15 is 0 Å². The lowest BCUT2D eigenvalue weighted by Gasteiger charge is -2.29. The molecule has 4 rings (SSSR count). The third kappa shape index (κ3) is 5.50. The summed E-state index contributed by atoms with van der Waals surface area (Å²) in [5.74, 6) is 1.07. The van der Waals surface area contributed by atoms with Crippen LogP contribution in [0.4, 0.5) is 0 Å². The zero-order valence-corrected chi connectivity index (χ0v) is 18.8. The van der Waals surface area contributed by atoms with Crippen molar-refractivity contribution in [3.8, 4) is 23.0 Å². The molecule has 33 heavy (non-hydrogen) atoms. The van der Waals surface area contributed by atoms with Crippen LogP contribution in [0.15, 0.2) is 60.7 Å². The van der Waals surface area contributed by atoms with Gasteiger partial charge in [-0.15, -0.1) is 0 Å². The number of aromatic hydroxyl groups is 1. The average molecular weight is 470 g/mol. The minimum atomic E-state index is -0.951. The highest BCUT2D eigenvalue weighted by molar-refractivity contribution is 6.31. The number of phenolic OH excluding ortho intramolecular Hbond substituents is 1. The molecule has 1 aliphatic rings. The van der Waals surface area contributed by atoms with Gasteiger partial charge in [0.1, 0.15) is 17.5 Å². The zero-order chi connectivity index (χ0) is 23.4. The van der Waals surface area contributed by atoms with Crippen molar-refractivity contribution in [1.29, 1.82) is 0 Å². The Morgan fingerprint density at radius 2 is 1.67 bits per heavy atom. The highest BCUT2D eigenvalue weighted by Crippen LogP contribution is 2.37. The molecule has 172 valence electrons. The summed E-state index contributed by atoms with van der Waals surface area (Å²) in [5.41, 5.74) is 2.48. The second kappa shape index (κ2) is 10.0. The van der Waals surface area contributed by atoms with E-state index in [0.717, 1.165) is 22.4 Å². The molecule has 2 N–H and O–H groups in total. The fraction of sp³-hybridized carbons (Fsp3) is 0.240. The molecule has 1 heterocycles. The molecule has 0 amide bonds. The smallest absolute Gasteiger partial charge is 0.321 e. The van der Waals surface area contributed by atoms with E-state index in [1.807, 2.05) is 29.2 Å². The molecule has 1 atom stereocenters. The number of benzene rings is 3. The number of methoxy groups -OCH3 is 1. The van der Waals surface area contributed by atoms with Gasteiger partial charge >= 0.3 is 5.97 Å². The molecule has 0 aliphatic carbocycles. The molecular formula is C25H24ClNO6. The zero-order valence-electron chi connectivity index (χ0n) is 18.0. The maximum Gasteiger partial charge on any atom is 0.321 e. The van der Waals surface area contributed by atoms with Crippen LogP contribution >= 0.6 is 11.6 Å². The van der Waals surface area contributed by atoms with Crippen molar-refractivity contribution in [3.63, 3.8) is 0 Å². The number of aliphatic carboxylic acids is 1. The Hall–Kier alpha value is -3.42.